The Bertz CT molecular complexity index is 528. The number of hydrogen-bond acceptors (Lipinski definition) is 5. The molecule has 3 rings (SSSR count). The molecule has 24 heavy (non-hydrogen) atoms. The highest BCUT2D eigenvalue weighted by Gasteiger charge is 2.27. The average Bonchev–Trinajstić information content (AvgIpc) is 3.20. The van der Waals surface area contributed by atoms with Crippen molar-refractivity contribution < 1.29 is 4.79 Å². The van der Waals surface area contributed by atoms with Crippen LogP contribution in [0.15, 0.2) is 12.1 Å². The zero-order chi connectivity index (χ0) is 16.2. The lowest BCUT2D eigenvalue weighted by Crippen LogP contribution is -2.52. The van der Waals surface area contributed by atoms with E-state index in [4.69, 9.17) is 11.6 Å². The molecule has 8 heteroatoms. The molecule has 1 N–H and O–H groups in total. The third-order valence-corrected chi connectivity index (χ3v) is 5.98. The molecule has 0 radical (unpaired) electrons. The van der Waals surface area contributed by atoms with Gasteiger partial charge in [0, 0.05) is 50.7 Å². The largest absolute Gasteiger partial charge is 0.340 e. The van der Waals surface area contributed by atoms with Gasteiger partial charge in [-0.15, -0.1) is 23.7 Å². The van der Waals surface area contributed by atoms with E-state index in [9.17, 15) is 4.79 Å². The summed E-state index contributed by atoms with van der Waals surface area (Å²) in [5, 5.41) is 3.43. The SMILES string of the molecule is CN(Cc1ccc(Cl)s1)C(=O)CN1CCN(C2CCNC2)CC1.Cl. The van der Waals surface area contributed by atoms with E-state index in [1.54, 1.807) is 4.90 Å². The van der Waals surface area contributed by atoms with Crippen LogP contribution in [0.5, 0.6) is 0 Å². The van der Waals surface area contributed by atoms with Gasteiger partial charge in [-0.2, -0.15) is 0 Å². The van der Waals surface area contributed by atoms with Crippen molar-refractivity contribution in [3.05, 3.63) is 21.3 Å². The maximum absolute atomic E-state index is 12.4. The quantitative estimate of drug-likeness (QED) is 0.828. The van der Waals surface area contributed by atoms with Crippen LogP contribution in [-0.2, 0) is 11.3 Å². The monoisotopic (exact) mass is 392 g/mol. The third-order valence-electron chi connectivity index (χ3n) is 4.76. The summed E-state index contributed by atoms with van der Waals surface area (Å²) in [5.41, 5.74) is 0. The number of amides is 1. The van der Waals surface area contributed by atoms with Gasteiger partial charge in [-0.25, -0.2) is 0 Å². The van der Waals surface area contributed by atoms with Crippen molar-refractivity contribution in [2.24, 2.45) is 0 Å². The number of likely N-dealkylation sites (N-methyl/N-ethyl adjacent to an activating group) is 1. The van der Waals surface area contributed by atoms with Gasteiger partial charge in [-0.05, 0) is 25.1 Å². The number of carbonyl (C=O) groups is 1. The fourth-order valence-electron chi connectivity index (χ4n) is 3.31. The minimum absolute atomic E-state index is 0. The van der Waals surface area contributed by atoms with Gasteiger partial charge in [0.2, 0.25) is 5.91 Å². The summed E-state index contributed by atoms with van der Waals surface area (Å²) < 4.78 is 0.776. The second kappa shape index (κ2) is 9.36. The molecule has 2 aliphatic heterocycles. The lowest BCUT2D eigenvalue weighted by atomic mass is 10.2. The minimum atomic E-state index is 0. The van der Waals surface area contributed by atoms with Crippen LogP contribution in [0.25, 0.3) is 0 Å². The molecule has 1 aromatic heterocycles. The van der Waals surface area contributed by atoms with Crippen LogP contribution in [0.1, 0.15) is 11.3 Å². The predicted octanol–water partition coefficient (Wildman–Crippen LogP) is 1.76. The predicted molar refractivity (Wildman–Crippen MR) is 102 cm³/mol. The smallest absolute Gasteiger partial charge is 0.236 e. The Morgan fingerprint density at radius 1 is 1.38 bits per heavy atom. The van der Waals surface area contributed by atoms with Crippen molar-refractivity contribution in [1.29, 1.82) is 0 Å². The molecule has 2 fully saturated rings. The number of halogens is 2. The standard InChI is InChI=1S/C16H25ClN4OS.ClH/c1-19(11-14-2-3-15(17)23-14)16(22)12-20-6-8-21(9-7-20)13-4-5-18-10-13;/h2-3,13,18H,4-12H2,1H3;1H. The van der Waals surface area contributed by atoms with Gasteiger partial charge in [-0.1, -0.05) is 11.6 Å². The van der Waals surface area contributed by atoms with Crippen molar-refractivity contribution in [3.8, 4) is 0 Å². The Morgan fingerprint density at radius 3 is 2.71 bits per heavy atom. The van der Waals surface area contributed by atoms with E-state index >= 15 is 0 Å². The van der Waals surface area contributed by atoms with E-state index in [2.05, 4.69) is 15.1 Å². The van der Waals surface area contributed by atoms with Crippen LogP contribution in [0.4, 0.5) is 0 Å². The van der Waals surface area contributed by atoms with Crippen LogP contribution in [0.2, 0.25) is 4.34 Å². The summed E-state index contributed by atoms with van der Waals surface area (Å²) in [6.45, 7) is 7.54. The second-order valence-electron chi connectivity index (χ2n) is 6.41. The summed E-state index contributed by atoms with van der Waals surface area (Å²) in [4.78, 5) is 20.2. The van der Waals surface area contributed by atoms with Gasteiger partial charge in [-0.3, -0.25) is 14.6 Å². The molecule has 1 unspecified atom stereocenters. The maximum Gasteiger partial charge on any atom is 0.236 e. The van der Waals surface area contributed by atoms with Crippen LogP contribution in [0, 0.1) is 0 Å². The number of hydrogen-bond donors (Lipinski definition) is 1. The van der Waals surface area contributed by atoms with Crippen LogP contribution in [-0.4, -0.2) is 79.5 Å². The highest BCUT2D eigenvalue weighted by atomic mass is 35.5. The molecule has 3 heterocycles. The van der Waals surface area contributed by atoms with E-state index in [0.29, 0.717) is 19.1 Å². The molecule has 0 spiro atoms. The first-order valence-corrected chi connectivity index (χ1v) is 9.46. The molecule has 0 aromatic carbocycles. The van der Waals surface area contributed by atoms with Gasteiger partial charge in [0.1, 0.15) is 0 Å². The number of nitrogens with zero attached hydrogens (tertiary/aromatic N) is 3. The maximum atomic E-state index is 12.4. The molecular weight excluding hydrogens is 367 g/mol. The van der Waals surface area contributed by atoms with Gasteiger partial charge in [0.05, 0.1) is 17.4 Å². The molecule has 0 bridgehead atoms. The van der Waals surface area contributed by atoms with Crippen LogP contribution >= 0.6 is 35.3 Å². The van der Waals surface area contributed by atoms with E-state index in [0.717, 1.165) is 48.5 Å². The Morgan fingerprint density at radius 2 is 2.12 bits per heavy atom. The van der Waals surface area contributed by atoms with E-state index in [1.165, 1.54) is 17.8 Å². The summed E-state index contributed by atoms with van der Waals surface area (Å²) >= 11 is 7.48. The Labute approximate surface area is 159 Å². The van der Waals surface area contributed by atoms with Crippen molar-refractivity contribution >= 4 is 41.3 Å². The Hall–Kier alpha value is -0.370. The summed E-state index contributed by atoms with van der Waals surface area (Å²) in [6, 6.07) is 4.57. The molecule has 1 aromatic rings. The first-order chi connectivity index (χ1) is 11.1. The van der Waals surface area contributed by atoms with Gasteiger partial charge >= 0.3 is 0 Å². The topological polar surface area (TPSA) is 38.8 Å². The normalized spacial score (nSPS) is 22.3. The highest BCUT2D eigenvalue weighted by Crippen LogP contribution is 2.22. The van der Waals surface area contributed by atoms with E-state index in [1.807, 2.05) is 19.2 Å². The molecule has 136 valence electrons. The van der Waals surface area contributed by atoms with Crippen molar-refractivity contribution in [2.45, 2.75) is 19.0 Å². The molecular formula is C16H26Cl2N4OS. The van der Waals surface area contributed by atoms with E-state index < -0.39 is 0 Å². The summed E-state index contributed by atoms with van der Waals surface area (Å²) in [7, 11) is 1.87. The zero-order valence-electron chi connectivity index (χ0n) is 14.0. The van der Waals surface area contributed by atoms with E-state index in [-0.39, 0.29) is 18.3 Å². The molecule has 0 saturated carbocycles. The van der Waals surface area contributed by atoms with Crippen molar-refractivity contribution in [2.75, 3.05) is 52.9 Å². The highest BCUT2D eigenvalue weighted by molar-refractivity contribution is 7.16. The number of thiophene rings is 1. The van der Waals surface area contributed by atoms with Gasteiger partial charge in [0.25, 0.3) is 0 Å². The zero-order valence-corrected chi connectivity index (χ0v) is 16.4. The molecule has 2 saturated heterocycles. The molecule has 0 aliphatic carbocycles. The first-order valence-electron chi connectivity index (χ1n) is 8.27. The van der Waals surface area contributed by atoms with Crippen molar-refractivity contribution in [3.63, 3.8) is 0 Å². The first kappa shape index (κ1) is 19.9. The molecule has 1 atom stereocenters. The van der Waals surface area contributed by atoms with Gasteiger partial charge < -0.3 is 10.2 Å². The van der Waals surface area contributed by atoms with Crippen molar-refractivity contribution in [1.82, 2.24) is 20.0 Å². The molecule has 2 aliphatic rings. The fraction of sp³-hybridized carbons (Fsp3) is 0.688. The lowest BCUT2D eigenvalue weighted by molar-refractivity contribution is -0.132. The number of carbonyl (C=O) groups excluding carboxylic acids is 1. The Balaban J connectivity index is 0.00000208. The van der Waals surface area contributed by atoms with Gasteiger partial charge in [0.15, 0.2) is 0 Å². The number of nitrogens with one attached hydrogen (secondary N) is 1. The second-order valence-corrected chi connectivity index (χ2v) is 8.21. The molecule has 1 amide bonds. The average molecular weight is 393 g/mol. The third kappa shape index (κ3) is 5.31. The fourth-order valence-corrected chi connectivity index (χ4v) is 4.45. The minimum Gasteiger partial charge on any atom is -0.340 e. The summed E-state index contributed by atoms with van der Waals surface area (Å²) in [5.74, 6) is 0.186. The number of rotatable bonds is 5. The van der Waals surface area contributed by atoms with Crippen LogP contribution < -0.4 is 5.32 Å². The molecule has 5 nitrogen and oxygen atoms in total. The lowest BCUT2D eigenvalue weighted by Gasteiger charge is -2.37. The summed E-state index contributed by atoms with van der Waals surface area (Å²) in [6.07, 6.45) is 1.26. The number of piperazine rings is 1. The Kier molecular flexibility index (Phi) is 7.78. The van der Waals surface area contributed by atoms with Crippen LogP contribution in [0.3, 0.4) is 0 Å².